The molecule has 0 aromatic heterocycles. The summed E-state index contributed by atoms with van der Waals surface area (Å²) in [6.45, 7) is 9.27. The molecular formula is C12H24N2O. The lowest BCUT2D eigenvalue weighted by Crippen LogP contribution is -2.34. The molecule has 1 N–H and O–H groups in total. The first kappa shape index (κ1) is 12.7. The lowest BCUT2D eigenvalue weighted by Gasteiger charge is -2.21. The molecule has 88 valence electrons. The summed E-state index contributed by atoms with van der Waals surface area (Å²) in [5.74, 6) is 0. The molecule has 0 spiro atoms. The van der Waals surface area contributed by atoms with Crippen molar-refractivity contribution in [3.63, 3.8) is 0 Å². The third-order valence-electron chi connectivity index (χ3n) is 2.86. The van der Waals surface area contributed by atoms with Crippen LogP contribution in [0.2, 0.25) is 0 Å². The molecule has 1 heterocycles. The summed E-state index contributed by atoms with van der Waals surface area (Å²) < 4.78 is 5.38. The Balaban J connectivity index is 2.03. The highest BCUT2D eigenvalue weighted by Crippen LogP contribution is 2.03. The fourth-order valence-electron chi connectivity index (χ4n) is 1.49. The van der Waals surface area contributed by atoms with Crippen molar-refractivity contribution in [3.8, 4) is 0 Å². The first-order valence-electron chi connectivity index (χ1n) is 5.86. The molecule has 0 fully saturated rings. The van der Waals surface area contributed by atoms with Crippen LogP contribution in [-0.4, -0.2) is 50.8 Å². The number of nitrogens with one attached hydrogen (secondary N) is 1. The van der Waals surface area contributed by atoms with Crippen LogP contribution in [0.25, 0.3) is 0 Å². The lowest BCUT2D eigenvalue weighted by molar-refractivity contribution is 0.148. The average molecular weight is 212 g/mol. The average Bonchev–Trinajstić information content (AvgIpc) is 2.25. The van der Waals surface area contributed by atoms with E-state index in [-0.39, 0.29) is 0 Å². The third-order valence-corrected chi connectivity index (χ3v) is 2.86. The minimum Gasteiger partial charge on any atom is -0.377 e. The van der Waals surface area contributed by atoms with Gasteiger partial charge in [0.2, 0.25) is 0 Å². The zero-order valence-corrected chi connectivity index (χ0v) is 10.3. The molecule has 0 aromatic carbocycles. The molecule has 0 atom stereocenters. The Hall–Kier alpha value is -0.380. The highest BCUT2D eigenvalue weighted by atomic mass is 16.5. The molecule has 0 unspecified atom stereocenters. The van der Waals surface area contributed by atoms with Crippen LogP contribution in [0.5, 0.6) is 0 Å². The van der Waals surface area contributed by atoms with Crippen LogP contribution in [0.1, 0.15) is 20.3 Å². The maximum atomic E-state index is 5.38. The second-order valence-corrected chi connectivity index (χ2v) is 4.45. The topological polar surface area (TPSA) is 24.5 Å². The Bertz CT molecular complexity index is 202. The summed E-state index contributed by atoms with van der Waals surface area (Å²) in [6, 6.07) is 0.629. The minimum absolute atomic E-state index is 0.629. The molecule has 0 aliphatic carbocycles. The number of rotatable bonds is 6. The van der Waals surface area contributed by atoms with Crippen molar-refractivity contribution < 1.29 is 4.74 Å². The molecule has 0 saturated heterocycles. The van der Waals surface area contributed by atoms with E-state index in [1.165, 1.54) is 5.57 Å². The number of likely N-dealkylation sites (N-methyl/N-ethyl adjacent to an activating group) is 1. The number of nitrogens with zero attached hydrogens (tertiary/aromatic N) is 1. The molecular weight excluding hydrogens is 188 g/mol. The van der Waals surface area contributed by atoms with Gasteiger partial charge in [-0.15, -0.1) is 0 Å². The van der Waals surface area contributed by atoms with Crippen molar-refractivity contribution in [2.24, 2.45) is 0 Å². The summed E-state index contributed by atoms with van der Waals surface area (Å²) in [4.78, 5) is 2.35. The molecule has 1 aliphatic rings. The van der Waals surface area contributed by atoms with E-state index < -0.39 is 0 Å². The Labute approximate surface area is 93.5 Å². The molecule has 0 aromatic rings. The fourth-order valence-corrected chi connectivity index (χ4v) is 1.49. The Morgan fingerprint density at radius 2 is 2.33 bits per heavy atom. The van der Waals surface area contributed by atoms with Gasteiger partial charge in [0, 0.05) is 25.7 Å². The van der Waals surface area contributed by atoms with Crippen LogP contribution in [0.3, 0.4) is 0 Å². The van der Waals surface area contributed by atoms with E-state index in [4.69, 9.17) is 4.74 Å². The van der Waals surface area contributed by atoms with Crippen LogP contribution < -0.4 is 5.32 Å². The Morgan fingerprint density at radius 3 is 2.93 bits per heavy atom. The van der Waals surface area contributed by atoms with Gasteiger partial charge in [0.25, 0.3) is 0 Å². The summed E-state index contributed by atoms with van der Waals surface area (Å²) in [5, 5.41) is 3.45. The summed E-state index contributed by atoms with van der Waals surface area (Å²) >= 11 is 0. The number of hydrogen-bond donors (Lipinski definition) is 1. The largest absolute Gasteiger partial charge is 0.377 e. The van der Waals surface area contributed by atoms with Gasteiger partial charge in [0.15, 0.2) is 0 Å². The van der Waals surface area contributed by atoms with Crippen LogP contribution in [0, 0.1) is 0 Å². The van der Waals surface area contributed by atoms with Crippen LogP contribution in [-0.2, 0) is 4.74 Å². The number of ether oxygens (including phenoxy) is 1. The Kier molecular flexibility index (Phi) is 5.91. The highest BCUT2D eigenvalue weighted by molar-refractivity contribution is 5.06. The van der Waals surface area contributed by atoms with Crippen LogP contribution >= 0.6 is 0 Å². The maximum absolute atomic E-state index is 5.38. The van der Waals surface area contributed by atoms with Crippen molar-refractivity contribution in [2.45, 2.75) is 26.3 Å². The summed E-state index contributed by atoms with van der Waals surface area (Å²) in [5.41, 5.74) is 1.40. The fraction of sp³-hybridized carbons (Fsp3) is 0.833. The third kappa shape index (κ3) is 5.30. The smallest absolute Gasteiger partial charge is 0.0689 e. The van der Waals surface area contributed by atoms with Gasteiger partial charge in [-0.1, -0.05) is 6.08 Å². The van der Waals surface area contributed by atoms with Gasteiger partial charge < -0.3 is 15.0 Å². The molecule has 0 amide bonds. The molecule has 1 aliphatic heterocycles. The van der Waals surface area contributed by atoms with Crippen molar-refractivity contribution >= 4 is 0 Å². The minimum atomic E-state index is 0.629. The first-order valence-corrected chi connectivity index (χ1v) is 5.86. The van der Waals surface area contributed by atoms with Gasteiger partial charge in [0.05, 0.1) is 13.2 Å². The van der Waals surface area contributed by atoms with Gasteiger partial charge in [0.1, 0.15) is 0 Å². The predicted octanol–water partition coefficient (Wildman–Crippen LogP) is 1.26. The standard InChI is InChI=1S/C12H24N2O/c1-11(2)14(3)7-6-13-9-12-5-4-8-15-10-12/h5,11,13H,4,6-10H2,1-3H3. The normalized spacial score (nSPS) is 17.3. The quantitative estimate of drug-likeness (QED) is 0.530. The van der Waals surface area contributed by atoms with Crippen molar-refractivity contribution in [1.82, 2.24) is 10.2 Å². The van der Waals surface area contributed by atoms with E-state index in [2.05, 4.69) is 37.2 Å². The van der Waals surface area contributed by atoms with Gasteiger partial charge >= 0.3 is 0 Å². The highest BCUT2D eigenvalue weighted by Gasteiger charge is 2.04. The second-order valence-electron chi connectivity index (χ2n) is 4.45. The first-order chi connectivity index (χ1) is 7.20. The van der Waals surface area contributed by atoms with Crippen molar-refractivity contribution in [1.29, 1.82) is 0 Å². The van der Waals surface area contributed by atoms with Gasteiger partial charge in [-0.2, -0.15) is 0 Å². The Morgan fingerprint density at radius 1 is 1.53 bits per heavy atom. The van der Waals surface area contributed by atoms with Gasteiger partial charge in [-0.25, -0.2) is 0 Å². The summed E-state index contributed by atoms with van der Waals surface area (Å²) in [6.07, 6.45) is 3.37. The lowest BCUT2D eigenvalue weighted by atomic mass is 10.2. The van der Waals surface area contributed by atoms with E-state index >= 15 is 0 Å². The second kappa shape index (κ2) is 6.99. The van der Waals surface area contributed by atoms with Crippen LogP contribution in [0.15, 0.2) is 11.6 Å². The monoisotopic (exact) mass is 212 g/mol. The molecule has 3 heteroatoms. The zero-order valence-electron chi connectivity index (χ0n) is 10.3. The molecule has 3 nitrogen and oxygen atoms in total. The SMILES string of the molecule is CC(C)N(C)CCNCC1=CCCOC1. The van der Waals surface area contributed by atoms with Crippen molar-refractivity contribution in [3.05, 3.63) is 11.6 Å². The molecule has 0 bridgehead atoms. The van der Waals surface area contributed by atoms with E-state index in [9.17, 15) is 0 Å². The zero-order chi connectivity index (χ0) is 11.1. The molecule has 15 heavy (non-hydrogen) atoms. The maximum Gasteiger partial charge on any atom is 0.0689 e. The van der Waals surface area contributed by atoms with Crippen LogP contribution in [0.4, 0.5) is 0 Å². The molecule has 0 radical (unpaired) electrons. The number of hydrogen-bond acceptors (Lipinski definition) is 3. The van der Waals surface area contributed by atoms with Crippen molar-refractivity contribution in [2.75, 3.05) is 39.9 Å². The predicted molar refractivity (Wildman–Crippen MR) is 64.2 cm³/mol. The molecule has 1 rings (SSSR count). The van der Waals surface area contributed by atoms with E-state index in [1.54, 1.807) is 0 Å². The summed E-state index contributed by atoms with van der Waals surface area (Å²) in [7, 11) is 2.16. The van der Waals surface area contributed by atoms with Gasteiger partial charge in [-0.05, 0) is 32.9 Å². The van der Waals surface area contributed by atoms with E-state index in [0.717, 1.165) is 39.3 Å². The van der Waals surface area contributed by atoms with E-state index in [1.807, 2.05) is 0 Å². The van der Waals surface area contributed by atoms with E-state index in [0.29, 0.717) is 6.04 Å². The van der Waals surface area contributed by atoms with Gasteiger partial charge in [-0.3, -0.25) is 0 Å². The molecule has 0 saturated carbocycles.